The summed E-state index contributed by atoms with van der Waals surface area (Å²) in [5, 5.41) is 0. The predicted molar refractivity (Wildman–Crippen MR) is 338 cm³/mol. The van der Waals surface area contributed by atoms with E-state index in [1.54, 1.807) is 25.0 Å². The van der Waals surface area contributed by atoms with E-state index in [4.69, 9.17) is 38.9 Å². The van der Waals surface area contributed by atoms with Crippen molar-refractivity contribution in [3.05, 3.63) is 178 Å². The van der Waals surface area contributed by atoms with Crippen LogP contribution in [-0.4, -0.2) is 111 Å². The van der Waals surface area contributed by atoms with Crippen LogP contribution in [-0.2, 0) is 63.8 Å². The van der Waals surface area contributed by atoms with Crippen molar-refractivity contribution in [1.29, 1.82) is 0 Å². The third kappa shape index (κ3) is 10.9. The van der Waals surface area contributed by atoms with Crippen molar-refractivity contribution >= 4 is 117 Å². The second kappa shape index (κ2) is 24.0. The normalized spacial score (nSPS) is 12.2. The second-order valence-corrected chi connectivity index (χ2v) is 21.2. The number of aryl methyl sites for hydroxylation is 4. The van der Waals surface area contributed by atoms with Crippen LogP contribution in [0.5, 0.6) is 0 Å². The number of fused-ring (bicyclic) bond motifs is 16. The van der Waals surface area contributed by atoms with Gasteiger partial charge in [0.15, 0.2) is 0 Å². The highest BCUT2D eigenvalue weighted by Crippen LogP contribution is 2.39. The van der Waals surface area contributed by atoms with Gasteiger partial charge in [-0.25, -0.2) is 29.9 Å². The minimum atomic E-state index is -0.360. The van der Waals surface area contributed by atoms with Crippen molar-refractivity contribution in [1.82, 2.24) is 59.0 Å². The first-order valence-corrected chi connectivity index (χ1v) is 28.7. The molecule has 438 valence electrons. The Hall–Kier alpha value is -11.3. The largest absolute Gasteiger partial charge is 0.469 e. The maximum absolute atomic E-state index is 12.9. The lowest BCUT2D eigenvalue weighted by atomic mass is 9.97. The lowest BCUT2D eigenvalue weighted by molar-refractivity contribution is -0.141. The van der Waals surface area contributed by atoms with E-state index in [1.165, 1.54) is 28.4 Å². The number of esters is 4. The molecule has 16 bridgehead atoms. The first kappa shape index (κ1) is 55.9. The first-order valence-electron chi connectivity index (χ1n) is 28.7. The zero-order chi connectivity index (χ0) is 60.4. The van der Waals surface area contributed by atoms with Gasteiger partial charge in [0, 0.05) is 117 Å². The van der Waals surface area contributed by atoms with Gasteiger partial charge in [0.2, 0.25) is 0 Å². The van der Waals surface area contributed by atoms with E-state index in [0.29, 0.717) is 71.2 Å². The third-order valence-corrected chi connectivity index (χ3v) is 16.1. The number of nitrogens with zero attached hydrogens (tertiary/aromatic N) is 8. The Morgan fingerprint density at radius 1 is 0.375 bits per heavy atom. The average Bonchev–Trinajstić information content (AvgIpc) is 3.44. The summed E-state index contributed by atoms with van der Waals surface area (Å²) in [7, 11) is 5.53. The van der Waals surface area contributed by atoms with Gasteiger partial charge in [0.05, 0.1) is 109 Å². The van der Waals surface area contributed by atoms with Gasteiger partial charge >= 0.3 is 23.9 Å². The molecule has 9 aromatic rings. The number of benzene rings is 1. The van der Waals surface area contributed by atoms with Gasteiger partial charge in [0.25, 0.3) is 0 Å². The highest BCUT2D eigenvalue weighted by molar-refractivity contribution is 5.97. The van der Waals surface area contributed by atoms with E-state index < -0.39 is 0 Å². The van der Waals surface area contributed by atoms with E-state index in [2.05, 4.69) is 36.0 Å². The molecule has 0 aliphatic carbocycles. The Bertz CT molecular complexity index is 4450. The lowest BCUT2D eigenvalue weighted by Crippen LogP contribution is -2.03. The number of aromatic amines is 4. The maximum Gasteiger partial charge on any atom is 0.305 e. The Labute approximate surface area is 503 Å². The molecule has 4 aliphatic rings. The van der Waals surface area contributed by atoms with Crippen LogP contribution in [0.15, 0.2) is 110 Å². The molecule has 0 radical (unpaired) electrons. The molecule has 0 saturated carbocycles. The minimum absolute atomic E-state index is 0.102. The molecule has 13 rings (SSSR count). The number of carbonyl (C=O) groups is 4. The molecule has 0 saturated heterocycles. The van der Waals surface area contributed by atoms with Crippen LogP contribution in [0.4, 0.5) is 0 Å². The van der Waals surface area contributed by atoms with E-state index in [-0.39, 0.29) is 49.6 Å². The first-order chi connectivity index (χ1) is 43.0. The van der Waals surface area contributed by atoms with Crippen LogP contribution in [0.3, 0.4) is 0 Å². The Morgan fingerprint density at radius 3 is 1.00 bits per heavy atom. The summed E-state index contributed by atoms with van der Waals surface area (Å²) in [4.78, 5) is 96.5. The number of hydrogen-bond donors (Lipinski definition) is 4. The quantitative estimate of drug-likeness (QED) is 0.0518. The topological polar surface area (TPSA) is 256 Å². The molecule has 4 aliphatic heterocycles. The van der Waals surface area contributed by atoms with Crippen LogP contribution >= 0.6 is 0 Å². The Morgan fingerprint density at radius 2 is 0.670 bits per heavy atom. The number of rotatable bonds is 16. The molecule has 0 unspecified atom stereocenters. The van der Waals surface area contributed by atoms with Crippen molar-refractivity contribution < 1.29 is 38.1 Å². The van der Waals surface area contributed by atoms with E-state index in [9.17, 15) is 19.2 Å². The van der Waals surface area contributed by atoms with Crippen LogP contribution in [0.25, 0.3) is 126 Å². The summed E-state index contributed by atoms with van der Waals surface area (Å²) in [5.41, 5.74) is 18.9. The van der Waals surface area contributed by atoms with Gasteiger partial charge in [0.1, 0.15) is 0 Å². The van der Waals surface area contributed by atoms with Gasteiger partial charge in [-0.2, -0.15) is 0 Å². The Balaban J connectivity index is 1.09. The third-order valence-electron chi connectivity index (χ3n) is 16.1. The van der Waals surface area contributed by atoms with Gasteiger partial charge in [-0.05, 0) is 140 Å². The number of H-pyrrole nitrogens is 4. The molecule has 20 nitrogen and oxygen atoms in total. The molecule has 0 fully saturated rings. The number of nitrogens with one attached hydrogen (secondary N) is 4. The second-order valence-electron chi connectivity index (χ2n) is 21.2. The molecule has 20 heteroatoms. The highest BCUT2D eigenvalue weighted by atomic mass is 16.5. The molecule has 1 aromatic carbocycles. The lowest BCUT2D eigenvalue weighted by Gasteiger charge is -2.10. The van der Waals surface area contributed by atoms with Crippen molar-refractivity contribution in [2.24, 2.45) is 0 Å². The van der Waals surface area contributed by atoms with Crippen LogP contribution in [0, 0.1) is 0 Å². The number of aromatic nitrogens is 12. The summed E-state index contributed by atoms with van der Waals surface area (Å²) < 4.78 is 24.4. The smallest absolute Gasteiger partial charge is 0.305 e. The summed E-state index contributed by atoms with van der Waals surface area (Å²) in [6.07, 6.45) is 27.9. The predicted octanol–water partition coefficient (Wildman–Crippen LogP) is 11.8. The summed E-state index contributed by atoms with van der Waals surface area (Å²) in [6, 6.07) is 24.1. The maximum atomic E-state index is 12.9. The number of imidazole rings is 2. The molecule has 12 heterocycles. The SMILES string of the molecule is COC(=O)CCc1c2nc(c(-n3ccnc3)c3ccc([nH]3)c(CCC(=O)OC)c3nc(c(-c4cccc(-c5c6nc(c(CCC(=O)OC)c7ccc([nH]7)c(-n7ccnc7)c7nc(c(CCC(=O)OC)c8ccc5[nH]8)C=C7)C=C6)c4)c4ccc1[nH]4)C=C3)C=C2. The van der Waals surface area contributed by atoms with Crippen molar-refractivity contribution in [2.75, 3.05) is 28.4 Å². The monoisotopic (exact) mass is 1170 g/mol. The van der Waals surface area contributed by atoms with Gasteiger partial charge in [-0.3, -0.25) is 19.2 Å². The van der Waals surface area contributed by atoms with E-state index >= 15 is 0 Å². The van der Waals surface area contributed by atoms with E-state index in [1.807, 2.05) is 137 Å². The molecule has 88 heavy (non-hydrogen) atoms. The molecule has 0 amide bonds. The van der Waals surface area contributed by atoms with Crippen LogP contribution in [0.1, 0.15) is 93.5 Å². The van der Waals surface area contributed by atoms with Gasteiger partial charge in [-0.1, -0.05) is 18.2 Å². The fourth-order valence-corrected chi connectivity index (χ4v) is 11.7. The number of carbonyl (C=O) groups excluding carboxylic acids is 4. The van der Waals surface area contributed by atoms with Crippen molar-refractivity contribution in [2.45, 2.75) is 51.4 Å². The van der Waals surface area contributed by atoms with Gasteiger partial charge < -0.3 is 48.0 Å². The summed E-state index contributed by atoms with van der Waals surface area (Å²) in [6.45, 7) is 0. The molecule has 0 atom stereocenters. The number of ether oxygens (including phenoxy) is 4. The summed E-state index contributed by atoms with van der Waals surface area (Å²) in [5.74, 6) is -1.44. The fourth-order valence-electron chi connectivity index (χ4n) is 11.7. The molecular weight excluding hydrogens is 1110 g/mol. The van der Waals surface area contributed by atoms with Crippen LogP contribution < -0.4 is 0 Å². The van der Waals surface area contributed by atoms with Crippen LogP contribution in [0.2, 0.25) is 0 Å². The van der Waals surface area contributed by atoms with E-state index in [0.717, 1.165) is 100 Å². The van der Waals surface area contributed by atoms with Crippen molar-refractivity contribution in [3.63, 3.8) is 0 Å². The van der Waals surface area contributed by atoms with Gasteiger partial charge in [-0.15, -0.1) is 0 Å². The standard InChI is InChI=1S/C68H58N12O8/c1-85-61(81)28-8-41-45-12-20-53(71-45)65(54-21-13-46(72-54)42(9-29-62(82)86-2)50-17-25-58(76-50)67(79-34-32-69-37-79)57-24-16-49(41)75-57)39-6-5-7-40(36-39)66-55-22-14-47(73-55)43(10-30-63(83)87-3)51-18-26-59(77-51)68(80-35-33-70-38-80)60-27-19-52(78-60)44(11-31-64(84)88-4)48-15-23-56(66)74-48/h5-7,12-27,32-38,71,73,76,78H,8-11,28-31H2,1-4H3. The molecule has 4 N–H and O–H groups in total. The zero-order valence-corrected chi connectivity index (χ0v) is 48.5. The number of methoxy groups -OCH3 is 4. The fraction of sp³-hybridized carbons (Fsp3) is 0.176. The highest BCUT2D eigenvalue weighted by Gasteiger charge is 2.23. The average molecular weight is 1170 g/mol. The molecular formula is C68H58N12O8. The molecule has 8 aromatic heterocycles. The summed E-state index contributed by atoms with van der Waals surface area (Å²) >= 11 is 0. The zero-order valence-electron chi connectivity index (χ0n) is 48.5. The molecule has 0 spiro atoms. The Kier molecular flexibility index (Phi) is 15.2. The van der Waals surface area contributed by atoms with Crippen molar-refractivity contribution in [3.8, 4) is 33.6 Å². The number of hydrogen-bond acceptors (Lipinski definition) is 14. The minimum Gasteiger partial charge on any atom is -0.469 e.